The van der Waals surface area contributed by atoms with E-state index >= 15 is 0 Å². The van der Waals surface area contributed by atoms with Crippen LogP contribution in [0, 0.1) is 10.1 Å². The van der Waals surface area contributed by atoms with Crippen LogP contribution in [0.25, 0.3) is 0 Å². The van der Waals surface area contributed by atoms with Gasteiger partial charge in [-0.05, 0) is 46.3 Å². The number of rotatable bonds is 4. The fourth-order valence-electron chi connectivity index (χ4n) is 1.77. The van der Waals surface area contributed by atoms with Crippen molar-refractivity contribution in [3.05, 3.63) is 61.6 Å². The van der Waals surface area contributed by atoms with Gasteiger partial charge in [0.2, 0.25) is 0 Å². The molecule has 1 atom stereocenters. The molecule has 0 spiro atoms. The Morgan fingerprint density at radius 2 is 2.00 bits per heavy atom. The van der Waals surface area contributed by atoms with E-state index in [1.54, 1.807) is 18.2 Å². The van der Waals surface area contributed by atoms with Gasteiger partial charge < -0.3 is 5.73 Å². The van der Waals surface area contributed by atoms with E-state index < -0.39 is 15.7 Å². The van der Waals surface area contributed by atoms with Crippen LogP contribution in [0.15, 0.2) is 45.8 Å². The molecule has 0 radical (unpaired) electrons. The molecule has 0 saturated heterocycles. The number of hydrogen-bond acceptors (Lipinski definition) is 4. The molecule has 2 N–H and O–H groups in total. The van der Waals surface area contributed by atoms with Crippen LogP contribution in [0.4, 0.5) is 11.4 Å². The molecular formula is C13H10BrClN2O3S. The second-order valence-electron chi connectivity index (χ2n) is 4.21. The van der Waals surface area contributed by atoms with Crippen molar-refractivity contribution < 1.29 is 9.13 Å². The summed E-state index contributed by atoms with van der Waals surface area (Å²) in [6, 6.07) is 9.11. The molecule has 0 saturated carbocycles. The zero-order valence-corrected chi connectivity index (χ0v) is 13.7. The number of halogens is 2. The van der Waals surface area contributed by atoms with Crippen LogP contribution in [0.2, 0.25) is 5.02 Å². The van der Waals surface area contributed by atoms with Crippen LogP contribution in [0.3, 0.4) is 0 Å². The third-order valence-electron chi connectivity index (χ3n) is 2.73. The number of hydrogen-bond donors (Lipinski definition) is 1. The minimum Gasteiger partial charge on any atom is -0.399 e. The molecule has 110 valence electrons. The first kappa shape index (κ1) is 15.9. The van der Waals surface area contributed by atoms with Crippen molar-refractivity contribution in [2.24, 2.45) is 0 Å². The van der Waals surface area contributed by atoms with E-state index in [-0.39, 0.29) is 11.4 Å². The molecule has 0 aromatic heterocycles. The first-order chi connectivity index (χ1) is 9.88. The molecule has 5 nitrogen and oxygen atoms in total. The largest absolute Gasteiger partial charge is 0.399 e. The highest BCUT2D eigenvalue weighted by Gasteiger charge is 2.18. The highest BCUT2D eigenvalue weighted by molar-refractivity contribution is 9.10. The Morgan fingerprint density at radius 3 is 2.62 bits per heavy atom. The maximum Gasteiger partial charge on any atom is 0.273 e. The Bertz CT molecular complexity index is 739. The SMILES string of the molecule is Nc1ccc(S(=O)Cc2cc(Cl)ccc2[N+](=O)[O-])c(Br)c1. The lowest BCUT2D eigenvalue weighted by atomic mass is 10.2. The minimum atomic E-state index is -1.45. The maximum atomic E-state index is 12.4. The van der Waals surface area contributed by atoms with Crippen LogP contribution >= 0.6 is 27.5 Å². The second kappa shape index (κ2) is 6.55. The summed E-state index contributed by atoms with van der Waals surface area (Å²) in [5.74, 6) is -0.000604. The fraction of sp³-hybridized carbons (Fsp3) is 0.0769. The van der Waals surface area contributed by atoms with Gasteiger partial charge in [-0.25, -0.2) is 0 Å². The second-order valence-corrected chi connectivity index (χ2v) is 6.92. The molecule has 0 aliphatic rings. The molecule has 2 aromatic rings. The lowest BCUT2D eigenvalue weighted by Gasteiger charge is -2.07. The molecule has 2 aromatic carbocycles. The standard InChI is InChI=1S/C13H10BrClN2O3S/c14-11-6-10(16)2-4-13(11)21(20)7-8-5-9(15)1-3-12(8)17(18)19/h1-6H,7,16H2. The van der Waals surface area contributed by atoms with E-state index in [2.05, 4.69) is 15.9 Å². The molecule has 0 amide bonds. The van der Waals surface area contributed by atoms with Gasteiger partial charge in [0.15, 0.2) is 0 Å². The van der Waals surface area contributed by atoms with Crippen molar-refractivity contribution in [3.8, 4) is 0 Å². The van der Waals surface area contributed by atoms with Crippen molar-refractivity contribution in [2.75, 3.05) is 5.73 Å². The first-order valence-electron chi connectivity index (χ1n) is 5.74. The molecular weight excluding hydrogens is 380 g/mol. The lowest BCUT2D eigenvalue weighted by Crippen LogP contribution is -2.02. The Kier molecular flexibility index (Phi) is 4.97. The zero-order valence-electron chi connectivity index (χ0n) is 10.6. The van der Waals surface area contributed by atoms with Crippen LogP contribution < -0.4 is 5.73 Å². The van der Waals surface area contributed by atoms with Gasteiger partial charge in [0.25, 0.3) is 5.69 Å². The number of benzene rings is 2. The number of anilines is 1. The number of nitro groups is 1. The Balaban J connectivity index is 2.35. The number of nitrogens with two attached hydrogens (primary N) is 1. The lowest BCUT2D eigenvalue weighted by molar-refractivity contribution is -0.385. The van der Waals surface area contributed by atoms with E-state index in [1.165, 1.54) is 18.2 Å². The predicted molar refractivity (Wildman–Crippen MR) is 86.8 cm³/mol. The summed E-state index contributed by atoms with van der Waals surface area (Å²) in [6.07, 6.45) is 0. The molecule has 0 heterocycles. The van der Waals surface area contributed by atoms with Crippen molar-refractivity contribution >= 4 is 49.7 Å². The molecule has 0 aliphatic heterocycles. The molecule has 0 aliphatic carbocycles. The zero-order chi connectivity index (χ0) is 15.6. The molecule has 1 unspecified atom stereocenters. The van der Waals surface area contributed by atoms with Gasteiger partial charge in [-0.1, -0.05) is 11.6 Å². The van der Waals surface area contributed by atoms with Gasteiger partial charge in [0.05, 0.1) is 26.4 Å². The summed E-state index contributed by atoms with van der Waals surface area (Å²) < 4.78 is 13.0. The van der Waals surface area contributed by atoms with E-state index in [9.17, 15) is 14.3 Å². The molecule has 21 heavy (non-hydrogen) atoms. The van der Waals surface area contributed by atoms with Gasteiger partial charge >= 0.3 is 0 Å². The Hall–Kier alpha value is -1.44. The average molecular weight is 390 g/mol. The summed E-state index contributed by atoms with van der Waals surface area (Å²) in [4.78, 5) is 11.0. The van der Waals surface area contributed by atoms with Crippen LogP contribution in [0.5, 0.6) is 0 Å². The Labute approximate surface area is 136 Å². The van der Waals surface area contributed by atoms with Gasteiger partial charge in [-0.3, -0.25) is 14.3 Å². The number of nitrogens with zero attached hydrogens (tertiary/aromatic N) is 1. The summed E-state index contributed by atoms with van der Waals surface area (Å²) in [6.45, 7) is 0. The average Bonchev–Trinajstić information content (AvgIpc) is 2.37. The smallest absolute Gasteiger partial charge is 0.273 e. The van der Waals surface area contributed by atoms with Crippen molar-refractivity contribution in [1.82, 2.24) is 0 Å². The topological polar surface area (TPSA) is 86.2 Å². The summed E-state index contributed by atoms with van der Waals surface area (Å²) in [7, 11) is -1.45. The van der Waals surface area contributed by atoms with E-state index in [1.807, 2.05) is 0 Å². The predicted octanol–water partition coefficient (Wildman–Crippen LogP) is 3.90. The quantitative estimate of drug-likeness (QED) is 0.488. The van der Waals surface area contributed by atoms with Gasteiger partial charge in [-0.2, -0.15) is 0 Å². The van der Waals surface area contributed by atoms with Crippen molar-refractivity contribution in [2.45, 2.75) is 10.6 Å². The van der Waals surface area contributed by atoms with Crippen LogP contribution in [-0.2, 0) is 16.6 Å². The summed E-state index contributed by atoms with van der Waals surface area (Å²) >= 11 is 9.15. The molecule has 2 rings (SSSR count). The molecule has 0 bridgehead atoms. The van der Waals surface area contributed by atoms with E-state index in [0.29, 0.717) is 25.6 Å². The third kappa shape index (κ3) is 3.81. The summed E-state index contributed by atoms with van der Waals surface area (Å²) in [5.41, 5.74) is 6.40. The molecule has 8 heteroatoms. The Morgan fingerprint density at radius 1 is 1.29 bits per heavy atom. The summed E-state index contributed by atoms with van der Waals surface area (Å²) in [5, 5.41) is 11.4. The van der Waals surface area contributed by atoms with Crippen molar-refractivity contribution in [3.63, 3.8) is 0 Å². The van der Waals surface area contributed by atoms with Gasteiger partial charge in [0.1, 0.15) is 0 Å². The normalized spacial score (nSPS) is 12.1. The van der Waals surface area contributed by atoms with Gasteiger partial charge in [0, 0.05) is 26.8 Å². The first-order valence-corrected chi connectivity index (χ1v) is 8.23. The van der Waals surface area contributed by atoms with Crippen LogP contribution in [0.1, 0.15) is 5.56 Å². The van der Waals surface area contributed by atoms with Crippen LogP contribution in [-0.4, -0.2) is 9.13 Å². The molecule has 0 fully saturated rings. The monoisotopic (exact) mass is 388 g/mol. The highest BCUT2D eigenvalue weighted by atomic mass is 79.9. The van der Waals surface area contributed by atoms with Crippen molar-refractivity contribution in [1.29, 1.82) is 0 Å². The van der Waals surface area contributed by atoms with Gasteiger partial charge in [-0.15, -0.1) is 0 Å². The van der Waals surface area contributed by atoms with E-state index in [0.717, 1.165) is 0 Å². The highest BCUT2D eigenvalue weighted by Crippen LogP contribution is 2.28. The number of nitrogen functional groups attached to an aromatic ring is 1. The van der Waals surface area contributed by atoms with E-state index in [4.69, 9.17) is 17.3 Å². The fourth-order valence-corrected chi connectivity index (χ4v) is 4.07. The third-order valence-corrected chi connectivity index (χ3v) is 5.30. The maximum absolute atomic E-state index is 12.4. The number of nitro benzene ring substituents is 1. The minimum absolute atomic E-state index is 0.000604.